The lowest BCUT2D eigenvalue weighted by Crippen LogP contribution is -2.31. The average molecular weight is 333 g/mol. The van der Waals surface area contributed by atoms with Gasteiger partial charge in [0.05, 0.1) is 10.7 Å². The van der Waals surface area contributed by atoms with Crippen molar-refractivity contribution in [3.63, 3.8) is 0 Å². The van der Waals surface area contributed by atoms with Gasteiger partial charge in [-0.05, 0) is 49.1 Å². The molecule has 0 heterocycles. The van der Waals surface area contributed by atoms with Gasteiger partial charge in [0, 0.05) is 6.54 Å². The van der Waals surface area contributed by atoms with Gasteiger partial charge in [0.25, 0.3) is 0 Å². The number of hydrogen-bond donors (Lipinski definition) is 2. The first kappa shape index (κ1) is 15.1. The van der Waals surface area contributed by atoms with Gasteiger partial charge in [0.15, 0.2) is 0 Å². The molecule has 2 fully saturated rings. The minimum absolute atomic E-state index is 0.151. The number of benzene rings is 1. The van der Waals surface area contributed by atoms with E-state index < -0.39 is 15.8 Å². The van der Waals surface area contributed by atoms with Crippen LogP contribution in [0.3, 0.4) is 0 Å². The van der Waals surface area contributed by atoms with E-state index in [0.29, 0.717) is 18.4 Å². The highest BCUT2D eigenvalue weighted by atomic mass is 35.5. The van der Waals surface area contributed by atoms with E-state index in [-0.39, 0.29) is 15.6 Å². The molecule has 2 bridgehead atoms. The quantitative estimate of drug-likeness (QED) is 0.833. The predicted molar refractivity (Wildman–Crippen MR) is 79.9 cm³/mol. The molecule has 3 unspecified atom stereocenters. The van der Waals surface area contributed by atoms with Crippen molar-refractivity contribution in [2.24, 2.45) is 17.8 Å². The minimum Gasteiger partial charge on any atom is -0.396 e. The summed E-state index contributed by atoms with van der Waals surface area (Å²) in [5.41, 5.74) is 5.21. The van der Waals surface area contributed by atoms with Gasteiger partial charge in [-0.2, -0.15) is 0 Å². The van der Waals surface area contributed by atoms with Crippen LogP contribution in [0.4, 0.5) is 10.1 Å². The van der Waals surface area contributed by atoms with Crippen molar-refractivity contribution in [1.82, 2.24) is 4.72 Å². The van der Waals surface area contributed by atoms with Crippen molar-refractivity contribution in [1.29, 1.82) is 0 Å². The Kier molecular flexibility index (Phi) is 3.88. The van der Waals surface area contributed by atoms with E-state index in [1.165, 1.54) is 19.3 Å². The van der Waals surface area contributed by atoms with Crippen molar-refractivity contribution >= 4 is 27.3 Å². The molecule has 3 atom stereocenters. The van der Waals surface area contributed by atoms with E-state index >= 15 is 0 Å². The molecule has 7 heteroatoms. The lowest BCUT2D eigenvalue weighted by molar-refractivity contribution is 0.333. The van der Waals surface area contributed by atoms with Gasteiger partial charge in [0.1, 0.15) is 10.7 Å². The van der Waals surface area contributed by atoms with Crippen LogP contribution in [0.1, 0.15) is 25.7 Å². The maximum absolute atomic E-state index is 13.3. The van der Waals surface area contributed by atoms with Crippen LogP contribution < -0.4 is 10.5 Å². The Hall–Kier alpha value is -0.850. The highest BCUT2D eigenvalue weighted by Gasteiger charge is 2.39. The second kappa shape index (κ2) is 5.41. The molecule has 116 valence electrons. The number of anilines is 1. The number of sulfonamides is 1. The van der Waals surface area contributed by atoms with E-state index in [4.69, 9.17) is 17.3 Å². The van der Waals surface area contributed by atoms with Gasteiger partial charge in [-0.15, -0.1) is 0 Å². The molecular weight excluding hydrogens is 315 g/mol. The summed E-state index contributed by atoms with van der Waals surface area (Å²) in [6.45, 7) is 0.414. The zero-order valence-corrected chi connectivity index (χ0v) is 13.1. The summed E-state index contributed by atoms with van der Waals surface area (Å²) in [7, 11) is -3.76. The second-order valence-corrected chi connectivity index (χ2v) is 8.23. The van der Waals surface area contributed by atoms with Crippen LogP contribution in [0, 0.1) is 23.6 Å². The average Bonchev–Trinajstić information content (AvgIpc) is 3.03. The first-order valence-electron chi connectivity index (χ1n) is 7.11. The number of hydrogen-bond acceptors (Lipinski definition) is 3. The molecule has 21 heavy (non-hydrogen) atoms. The first-order valence-corrected chi connectivity index (χ1v) is 8.97. The zero-order valence-electron chi connectivity index (χ0n) is 11.5. The van der Waals surface area contributed by atoms with Gasteiger partial charge < -0.3 is 5.73 Å². The van der Waals surface area contributed by atoms with Crippen molar-refractivity contribution in [2.45, 2.75) is 30.6 Å². The van der Waals surface area contributed by atoms with Gasteiger partial charge in [0.2, 0.25) is 10.0 Å². The maximum Gasteiger partial charge on any atom is 0.242 e. The van der Waals surface area contributed by atoms with E-state index in [1.54, 1.807) is 0 Å². The van der Waals surface area contributed by atoms with E-state index in [2.05, 4.69) is 4.72 Å². The Morgan fingerprint density at radius 1 is 1.33 bits per heavy atom. The fraction of sp³-hybridized carbons (Fsp3) is 0.571. The summed E-state index contributed by atoms with van der Waals surface area (Å²) < 4.78 is 40.5. The molecule has 2 aliphatic carbocycles. The van der Waals surface area contributed by atoms with Crippen LogP contribution in [0.25, 0.3) is 0 Å². The lowest BCUT2D eigenvalue weighted by Gasteiger charge is -2.22. The molecule has 0 radical (unpaired) electrons. The third-order valence-electron chi connectivity index (χ3n) is 4.76. The number of halogens is 2. The van der Waals surface area contributed by atoms with Crippen molar-refractivity contribution < 1.29 is 12.8 Å². The fourth-order valence-electron chi connectivity index (χ4n) is 3.67. The summed E-state index contributed by atoms with van der Waals surface area (Å²) in [6.07, 6.45) is 4.78. The molecule has 3 rings (SSSR count). The van der Waals surface area contributed by atoms with E-state index in [1.807, 2.05) is 0 Å². The molecule has 0 amide bonds. The summed E-state index contributed by atoms with van der Waals surface area (Å²) >= 11 is 5.83. The zero-order chi connectivity index (χ0) is 15.2. The van der Waals surface area contributed by atoms with Crippen molar-refractivity contribution in [3.8, 4) is 0 Å². The number of nitrogens with one attached hydrogen (secondary N) is 1. The van der Waals surface area contributed by atoms with Crippen LogP contribution in [-0.2, 0) is 10.0 Å². The second-order valence-electron chi connectivity index (χ2n) is 6.09. The van der Waals surface area contributed by atoms with Gasteiger partial charge >= 0.3 is 0 Å². The number of nitrogen functional groups attached to an aromatic ring is 1. The molecule has 2 aliphatic rings. The molecule has 0 aromatic heterocycles. The van der Waals surface area contributed by atoms with Crippen molar-refractivity contribution in [3.05, 3.63) is 23.0 Å². The molecule has 0 spiro atoms. The molecular formula is C14H18ClFN2O2S. The fourth-order valence-corrected chi connectivity index (χ4v) is 5.31. The van der Waals surface area contributed by atoms with Gasteiger partial charge in [-0.3, -0.25) is 0 Å². The predicted octanol–water partition coefficient (Wildman–Crippen LogP) is 2.78. The van der Waals surface area contributed by atoms with E-state index in [9.17, 15) is 12.8 Å². The van der Waals surface area contributed by atoms with Crippen LogP contribution in [-0.4, -0.2) is 15.0 Å². The monoisotopic (exact) mass is 332 g/mol. The van der Waals surface area contributed by atoms with Gasteiger partial charge in [-0.1, -0.05) is 18.0 Å². The topological polar surface area (TPSA) is 72.2 Å². The Labute approximate surface area is 128 Å². The lowest BCUT2D eigenvalue weighted by atomic mass is 9.89. The van der Waals surface area contributed by atoms with Crippen LogP contribution in [0.2, 0.25) is 5.02 Å². The summed E-state index contributed by atoms with van der Waals surface area (Å²) in [5, 5.41) is -0.151. The smallest absolute Gasteiger partial charge is 0.242 e. The molecule has 1 aromatic rings. The highest BCUT2D eigenvalue weighted by Crippen LogP contribution is 2.48. The summed E-state index contributed by atoms with van der Waals surface area (Å²) in [6, 6.07) is 2.00. The Balaban J connectivity index is 1.74. The molecule has 0 saturated heterocycles. The normalized spacial score (nSPS) is 28.2. The third kappa shape index (κ3) is 2.89. The molecule has 0 aliphatic heterocycles. The van der Waals surface area contributed by atoms with E-state index in [0.717, 1.165) is 24.5 Å². The molecule has 1 aromatic carbocycles. The minimum atomic E-state index is -3.76. The third-order valence-corrected chi connectivity index (χ3v) is 6.65. The van der Waals surface area contributed by atoms with Crippen LogP contribution in [0.5, 0.6) is 0 Å². The number of rotatable bonds is 4. The van der Waals surface area contributed by atoms with Crippen LogP contribution in [0.15, 0.2) is 17.0 Å². The Bertz CT molecular complexity index is 665. The standard InChI is InChI=1S/C14H18ClFN2O2S/c15-11-5-12(16)13(17)6-14(11)21(19,20)18-7-10-4-8-1-2-9(10)3-8/h5-6,8-10,18H,1-4,7,17H2. The summed E-state index contributed by atoms with van der Waals surface area (Å²) in [4.78, 5) is -0.161. The first-order chi connectivity index (χ1) is 9.87. The number of fused-ring (bicyclic) bond motifs is 2. The van der Waals surface area contributed by atoms with Crippen molar-refractivity contribution in [2.75, 3.05) is 12.3 Å². The van der Waals surface area contributed by atoms with Crippen LogP contribution >= 0.6 is 11.6 Å². The SMILES string of the molecule is Nc1cc(S(=O)(=O)NCC2CC3CCC2C3)c(Cl)cc1F. The Morgan fingerprint density at radius 3 is 2.71 bits per heavy atom. The maximum atomic E-state index is 13.3. The van der Waals surface area contributed by atoms with Gasteiger partial charge in [-0.25, -0.2) is 17.5 Å². The molecule has 3 N–H and O–H groups in total. The Morgan fingerprint density at radius 2 is 2.10 bits per heavy atom. The molecule has 4 nitrogen and oxygen atoms in total. The number of nitrogens with two attached hydrogens (primary N) is 1. The summed E-state index contributed by atoms with van der Waals surface area (Å²) in [5.74, 6) is 1.07. The molecule has 2 saturated carbocycles. The largest absolute Gasteiger partial charge is 0.396 e. The highest BCUT2D eigenvalue weighted by molar-refractivity contribution is 7.89.